The van der Waals surface area contributed by atoms with Crippen molar-refractivity contribution >= 4 is 14.5 Å². The summed E-state index contributed by atoms with van der Waals surface area (Å²) in [6, 6.07) is 35.3. The summed E-state index contributed by atoms with van der Waals surface area (Å²) in [5.74, 6) is 1.74. The van der Waals surface area contributed by atoms with Crippen LogP contribution in [0.3, 0.4) is 0 Å². The summed E-state index contributed by atoms with van der Waals surface area (Å²) in [4.78, 5) is 0. The van der Waals surface area contributed by atoms with Crippen molar-refractivity contribution in [2.24, 2.45) is 0 Å². The van der Waals surface area contributed by atoms with Crippen LogP contribution in [0.4, 0.5) is 0 Å². The predicted molar refractivity (Wildman–Crippen MR) is 157 cm³/mol. The molecule has 0 radical (unpaired) electrons. The third-order valence-corrected chi connectivity index (χ3v) is 9.62. The second kappa shape index (κ2) is 11.3. The third-order valence-electron chi connectivity index (χ3n) is 6.91. The van der Waals surface area contributed by atoms with E-state index in [-0.39, 0.29) is 14.5 Å². The summed E-state index contributed by atoms with van der Waals surface area (Å²) >= 11 is 0.131. The van der Waals surface area contributed by atoms with Gasteiger partial charge in [0.15, 0.2) is 0 Å². The fourth-order valence-corrected chi connectivity index (χ4v) is 7.53. The van der Waals surface area contributed by atoms with Crippen LogP contribution in [0.1, 0.15) is 25.0 Å². The molecule has 0 aliphatic carbocycles. The number of benzene rings is 4. The molecule has 2 nitrogen and oxygen atoms in total. The van der Waals surface area contributed by atoms with Gasteiger partial charge in [0.05, 0.1) is 0 Å². The first-order valence-corrected chi connectivity index (χ1v) is 14.5. The van der Waals surface area contributed by atoms with Gasteiger partial charge in [0.1, 0.15) is 0 Å². The van der Waals surface area contributed by atoms with Crippen molar-refractivity contribution < 1.29 is 9.47 Å². The van der Waals surface area contributed by atoms with Gasteiger partial charge in [-0.25, -0.2) is 0 Å². The maximum absolute atomic E-state index is 5.48. The van der Waals surface area contributed by atoms with Crippen LogP contribution in [0.25, 0.3) is 42.3 Å². The van der Waals surface area contributed by atoms with Gasteiger partial charge in [-0.15, -0.1) is 0 Å². The average Bonchev–Trinajstić information content (AvgIpc) is 3.38. The van der Waals surface area contributed by atoms with Gasteiger partial charge in [-0.1, -0.05) is 0 Å². The zero-order valence-electron chi connectivity index (χ0n) is 21.9. The molecule has 0 aliphatic heterocycles. The minimum atomic E-state index is 0.131. The average molecular weight is 552 g/mol. The Kier molecular flexibility index (Phi) is 7.65. The van der Waals surface area contributed by atoms with Crippen molar-refractivity contribution in [3.63, 3.8) is 0 Å². The van der Waals surface area contributed by atoms with Crippen molar-refractivity contribution in [2.45, 2.75) is 26.7 Å². The van der Waals surface area contributed by atoms with E-state index in [1.54, 1.807) is 14.2 Å². The van der Waals surface area contributed by atoms with Gasteiger partial charge in [0, 0.05) is 0 Å². The van der Waals surface area contributed by atoms with Crippen molar-refractivity contribution in [1.82, 2.24) is 0 Å². The normalized spacial score (nSPS) is 10.9. The van der Waals surface area contributed by atoms with Gasteiger partial charge in [0.25, 0.3) is 0 Å². The number of methoxy groups -OCH3 is 2. The van der Waals surface area contributed by atoms with E-state index in [1.807, 2.05) is 0 Å². The van der Waals surface area contributed by atoms with Crippen LogP contribution in [0.5, 0.6) is 11.5 Å². The quantitative estimate of drug-likeness (QED) is 0.180. The molecule has 1 heterocycles. The molecule has 5 aromatic rings. The SMILES string of the molecule is CCc1ccc(-c2[se]c(-c3ccc(CC)cc3)c(-c3ccc(OC)cc3)c2-c2ccc(OC)cc2)cc1. The Hall–Kier alpha value is -3.52. The zero-order chi connectivity index (χ0) is 25.8. The van der Waals surface area contributed by atoms with Crippen LogP contribution in [-0.2, 0) is 12.8 Å². The van der Waals surface area contributed by atoms with Crippen LogP contribution in [-0.4, -0.2) is 28.7 Å². The van der Waals surface area contributed by atoms with E-state index in [9.17, 15) is 0 Å². The molecule has 0 saturated carbocycles. The van der Waals surface area contributed by atoms with Crippen LogP contribution in [0.15, 0.2) is 97.1 Å². The molecular weight excluding hydrogens is 519 g/mol. The van der Waals surface area contributed by atoms with E-state index in [4.69, 9.17) is 9.47 Å². The molecule has 0 aliphatic rings. The Morgan fingerprint density at radius 3 is 1.08 bits per heavy atom. The van der Waals surface area contributed by atoms with Crippen molar-refractivity contribution in [3.05, 3.63) is 108 Å². The van der Waals surface area contributed by atoms with Crippen LogP contribution >= 0.6 is 0 Å². The Bertz CT molecular complexity index is 1350. The standard InChI is InChI=1S/C34H32O2Se/c1-5-23-7-11-27(12-8-23)33-31(25-15-19-29(35-3)20-16-25)32(26-17-21-30(36-4)22-18-26)34(37-33)28-13-9-24(6-2)10-14-28/h7-22H,5-6H2,1-4H3. The molecule has 0 amide bonds. The zero-order valence-corrected chi connectivity index (χ0v) is 23.6. The number of aryl methyl sites for hydroxylation is 2. The van der Waals surface area contributed by atoms with Gasteiger partial charge in [-0.3, -0.25) is 0 Å². The summed E-state index contributed by atoms with van der Waals surface area (Å²) in [5.41, 5.74) is 10.4. The van der Waals surface area contributed by atoms with Gasteiger partial charge < -0.3 is 0 Å². The number of hydrogen-bond acceptors (Lipinski definition) is 2. The van der Waals surface area contributed by atoms with Gasteiger partial charge in [-0.2, -0.15) is 0 Å². The molecule has 0 N–H and O–H groups in total. The van der Waals surface area contributed by atoms with E-state index in [2.05, 4.69) is 111 Å². The minimum absolute atomic E-state index is 0.131. The molecule has 0 bridgehead atoms. The molecule has 0 unspecified atom stereocenters. The van der Waals surface area contributed by atoms with E-state index in [0.717, 1.165) is 24.3 Å². The maximum atomic E-state index is 5.48. The van der Waals surface area contributed by atoms with Gasteiger partial charge in [-0.05, 0) is 0 Å². The fourth-order valence-electron chi connectivity index (χ4n) is 4.69. The summed E-state index contributed by atoms with van der Waals surface area (Å²) < 4.78 is 13.8. The molecule has 1 aromatic heterocycles. The van der Waals surface area contributed by atoms with Crippen molar-refractivity contribution in [3.8, 4) is 53.8 Å². The molecule has 0 spiro atoms. The van der Waals surface area contributed by atoms with Gasteiger partial charge in [0.2, 0.25) is 0 Å². The van der Waals surface area contributed by atoms with E-state index in [0.29, 0.717) is 0 Å². The molecular formula is C34H32O2Se. The summed E-state index contributed by atoms with van der Waals surface area (Å²) in [6.45, 7) is 4.41. The molecule has 5 rings (SSSR count). The number of rotatable bonds is 8. The predicted octanol–water partition coefficient (Wildman–Crippen LogP) is 8.55. The number of hydrogen-bond donors (Lipinski definition) is 0. The first-order chi connectivity index (χ1) is 18.1. The van der Waals surface area contributed by atoms with Crippen LogP contribution in [0.2, 0.25) is 0 Å². The van der Waals surface area contributed by atoms with E-state index >= 15 is 0 Å². The Balaban J connectivity index is 1.81. The summed E-state index contributed by atoms with van der Waals surface area (Å²) in [7, 11) is 3.43. The monoisotopic (exact) mass is 552 g/mol. The van der Waals surface area contributed by atoms with Crippen LogP contribution in [0, 0.1) is 0 Å². The molecule has 186 valence electrons. The van der Waals surface area contributed by atoms with E-state index < -0.39 is 0 Å². The van der Waals surface area contributed by atoms with Crippen molar-refractivity contribution in [1.29, 1.82) is 0 Å². The summed E-state index contributed by atoms with van der Waals surface area (Å²) in [6.07, 6.45) is 2.08. The topological polar surface area (TPSA) is 18.5 Å². The van der Waals surface area contributed by atoms with Crippen LogP contribution < -0.4 is 9.47 Å². The first-order valence-electron chi connectivity index (χ1n) is 12.8. The molecule has 0 atom stereocenters. The first kappa shape index (κ1) is 25.1. The Morgan fingerprint density at radius 1 is 0.459 bits per heavy atom. The summed E-state index contributed by atoms with van der Waals surface area (Å²) in [5, 5.41) is 0. The van der Waals surface area contributed by atoms with Gasteiger partial charge >= 0.3 is 227 Å². The molecule has 37 heavy (non-hydrogen) atoms. The molecule has 0 saturated heterocycles. The number of ether oxygens (including phenoxy) is 2. The Labute approximate surface area is 226 Å². The Morgan fingerprint density at radius 2 is 0.784 bits per heavy atom. The molecule has 0 fully saturated rings. The van der Waals surface area contributed by atoms with Crippen molar-refractivity contribution in [2.75, 3.05) is 14.2 Å². The third kappa shape index (κ3) is 5.16. The second-order valence-electron chi connectivity index (χ2n) is 9.07. The fraction of sp³-hybridized carbons (Fsp3) is 0.176. The second-order valence-corrected chi connectivity index (χ2v) is 11.2. The van der Waals surface area contributed by atoms with E-state index in [1.165, 1.54) is 53.4 Å². The molecule has 3 heteroatoms. The molecule has 4 aromatic carbocycles.